The second-order valence-corrected chi connectivity index (χ2v) is 6.21. The van der Waals surface area contributed by atoms with Crippen molar-refractivity contribution < 1.29 is 14.3 Å². The highest BCUT2D eigenvalue weighted by molar-refractivity contribution is 5.97. The van der Waals surface area contributed by atoms with E-state index in [2.05, 4.69) is 10.6 Å². The van der Waals surface area contributed by atoms with Crippen LogP contribution in [-0.2, 0) is 4.79 Å². The van der Waals surface area contributed by atoms with Crippen molar-refractivity contribution in [3.8, 4) is 17.6 Å². The lowest BCUT2D eigenvalue weighted by molar-refractivity contribution is -0.117. The molecule has 0 spiro atoms. The van der Waals surface area contributed by atoms with Gasteiger partial charge >= 0.3 is 0 Å². The number of hydrogen-bond donors (Lipinski definition) is 2. The molecule has 1 unspecified atom stereocenters. The summed E-state index contributed by atoms with van der Waals surface area (Å²) in [5.41, 5.74) is 2.66. The van der Waals surface area contributed by atoms with Crippen molar-refractivity contribution in [2.24, 2.45) is 0 Å². The van der Waals surface area contributed by atoms with Crippen molar-refractivity contribution in [3.05, 3.63) is 65.4 Å². The Balaban J connectivity index is 2.10. The highest BCUT2D eigenvalue weighted by Gasteiger charge is 2.17. The number of nitrogens with zero attached hydrogens (tertiary/aromatic N) is 1. The lowest BCUT2D eigenvalue weighted by atomic mass is 10.0. The molecule has 1 atom stereocenters. The highest BCUT2D eigenvalue weighted by atomic mass is 16.5. The van der Waals surface area contributed by atoms with Gasteiger partial charge in [-0.15, -0.1) is 0 Å². The number of amides is 1. The van der Waals surface area contributed by atoms with Gasteiger partial charge in [-0.1, -0.05) is 17.7 Å². The van der Waals surface area contributed by atoms with Gasteiger partial charge in [0.25, 0.3) is 5.91 Å². The molecule has 0 fully saturated rings. The molecule has 0 saturated carbocycles. The molecule has 146 valence electrons. The maximum atomic E-state index is 12.5. The third-order valence-corrected chi connectivity index (χ3v) is 4.12. The zero-order valence-electron chi connectivity index (χ0n) is 16.6. The van der Waals surface area contributed by atoms with Gasteiger partial charge in [-0.2, -0.15) is 5.26 Å². The van der Waals surface area contributed by atoms with Crippen LogP contribution in [-0.4, -0.2) is 19.6 Å². The molecule has 2 N–H and O–H groups in total. The molecule has 0 aliphatic heterocycles. The lowest BCUT2D eigenvalue weighted by Gasteiger charge is -2.18. The average molecular weight is 379 g/mol. The van der Waals surface area contributed by atoms with Crippen LogP contribution in [0.4, 0.5) is 5.69 Å². The summed E-state index contributed by atoms with van der Waals surface area (Å²) in [6.45, 7) is 6.29. The van der Waals surface area contributed by atoms with Crippen LogP contribution >= 0.6 is 0 Å². The van der Waals surface area contributed by atoms with Gasteiger partial charge in [-0.05, 0) is 51.1 Å². The molecular formula is C22H25N3O3. The van der Waals surface area contributed by atoms with Crippen LogP contribution in [0, 0.1) is 18.3 Å². The minimum atomic E-state index is -0.458. The number of nitrogens with one attached hydrogen (secondary N) is 2. The van der Waals surface area contributed by atoms with Crippen LogP contribution in [0.2, 0.25) is 0 Å². The van der Waals surface area contributed by atoms with Gasteiger partial charge in [-0.25, -0.2) is 0 Å². The number of aryl methyl sites for hydroxylation is 1. The Morgan fingerprint density at radius 3 is 2.57 bits per heavy atom. The topological polar surface area (TPSA) is 83.4 Å². The second kappa shape index (κ2) is 10.0. The van der Waals surface area contributed by atoms with Crippen molar-refractivity contribution in [1.82, 2.24) is 5.32 Å². The molecule has 0 heterocycles. The Hall–Kier alpha value is -3.46. The van der Waals surface area contributed by atoms with Crippen LogP contribution < -0.4 is 20.1 Å². The minimum absolute atomic E-state index is 0.0201. The number of rotatable bonds is 8. The van der Waals surface area contributed by atoms with E-state index < -0.39 is 5.91 Å². The van der Waals surface area contributed by atoms with E-state index in [0.29, 0.717) is 6.61 Å². The van der Waals surface area contributed by atoms with Gasteiger partial charge in [0, 0.05) is 17.5 Å². The van der Waals surface area contributed by atoms with Crippen LogP contribution in [0.15, 0.2) is 54.2 Å². The first-order chi connectivity index (χ1) is 13.5. The number of carbonyl (C=O) groups excluding carboxylic acids is 1. The fraction of sp³-hybridized carbons (Fsp3) is 0.273. The van der Waals surface area contributed by atoms with E-state index >= 15 is 0 Å². The Morgan fingerprint density at radius 2 is 1.96 bits per heavy atom. The second-order valence-electron chi connectivity index (χ2n) is 6.21. The summed E-state index contributed by atoms with van der Waals surface area (Å²) in [7, 11) is 1.59. The first-order valence-electron chi connectivity index (χ1n) is 9.03. The van der Waals surface area contributed by atoms with Crippen LogP contribution in [0.5, 0.6) is 11.5 Å². The summed E-state index contributed by atoms with van der Waals surface area (Å²) < 4.78 is 10.8. The molecule has 1 amide bonds. The maximum absolute atomic E-state index is 12.5. The molecule has 2 aromatic carbocycles. The van der Waals surface area contributed by atoms with Gasteiger partial charge < -0.3 is 20.1 Å². The molecule has 0 aromatic heterocycles. The van der Waals surface area contributed by atoms with Crippen molar-refractivity contribution in [2.75, 3.05) is 19.0 Å². The normalized spacial score (nSPS) is 11.9. The fourth-order valence-electron chi connectivity index (χ4n) is 2.64. The molecule has 0 bridgehead atoms. The van der Waals surface area contributed by atoms with Crippen molar-refractivity contribution in [2.45, 2.75) is 26.8 Å². The molecule has 6 nitrogen and oxygen atoms in total. The zero-order chi connectivity index (χ0) is 20.5. The molecule has 2 rings (SSSR count). The first kappa shape index (κ1) is 20.8. The van der Waals surface area contributed by atoms with Crippen molar-refractivity contribution in [1.29, 1.82) is 5.26 Å². The molecular weight excluding hydrogens is 354 g/mol. The van der Waals surface area contributed by atoms with Crippen LogP contribution in [0.3, 0.4) is 0 Å². The molecule has 0 aliphatic carbocycles. The molecule has 6 heteroatoms. The predicted octanol–water partition coefficient (Wildman–Crippen LogP) is 4.10. The summed E-state index contributed by atoms with van der Waals surface area (Å²) in [6.07, 6.45) is 1.39. The largest absolute Gasteiger partial charge is 0.497 e. The third-order valence-electron chi connectivity index (χ3n) is 4.12. The van der Waals surface area contributed by atoms with Gasteiger partial charge in [0.15, 0.2) is 0 Å². The van der Waals surface area contributed by atoms with E-state index in [4.69, 9.17) is 9.47 Å². The van der Waals surface area contributed by atoms with E-state index in [9.17, 15) is 10.1 Å². The Bertz CT molecular complexity index is 883. The van der Waals surface area contributed by atoms with Gasteiger partial charge in [0.1, 0.15) is 23.1 Å². The highest BCUT2D eigenvalue weighted by Crippen LogP contribution is 2.26. The smallest absolute Gasteiger partial charge is 0.263 e. The van der Waals surface area contributed by atoms with Gasteiger partial charge in [0.2, 0.25) is 0 Å². The summed E-state index contributed by atoms with van der Waals surface area (Å²) in [5.74, 6) is 0.990. The number of benzene rings is 2. The van der Waals surface area contributed by atoms with E-state index in [1.165, 1.54) is 6.20 Å². The number of hydrogen-bond acceptors (Lipinski definition) is 5. The number of anilines is 1. The minimum Gasteiger partial charge on any atom is -0.497 e. The van der Waals surface area contributed by atoms with Gasteiger partial charge in [-0.3, -0.25) is 4.79 Å². The van der Waals surface area contributed by atoms with E-state index in [0.717, 1.165) is 28.3 Å². The average Bonchev–Trinajstić information content (AvgIpc) is 2.70. The monoisotopic (exact) mass is 379 g/mol. The summed E-state index contributed by atoms with van der Waals surface area (Å²) in [4.78, 5) is 12.5. The fourth-order valence-corrected chi connectivity index (χ4v) is 2.64. The van der Waals surface area contributed by atoms with E-state index in [-0.39, 0.29) is 11.6 Å². The Labute approximate surface area is 165 Å². The summed E-state index contributed by atoms with van der Waals surface area (Å²) in [6, 6.07) is 14.6. The Morgan fingerprint density at radius 1 is 1.25 bits per heavy atom. The maximum Gasteiger partial charge on any atom is 0.263 e. The summed E-state index contributed by atoms with van der Waals surface area (Å²) in [5, 5.41) is 15.2. The number of carbonyl (C=O) groups is 1. The van der Waals surface area contributed by atoms with Crippen LogP contribution in [0.25, 0.3) is 0 Å². The van der Waals surface area contributed by atoms with Crippen molar-refractivity contribution >= 4 is 11.6 Å². The van der Waals surface area contributed by atoms with Crippen LogP contribution in [0.1, 0.15) is 31.0 Å². The zero-order valence-corrected chi connectivity index (χ0v) is 16.6. The molecule has 2 aromatic rings. The molecule has 0 aliphatic rings. The van der Waals surface area contributed by atoms with Crippen molar-refractivity contribution in [3.63, 3.8) is 0 Å². The SMILES string of the molecule is CCOc1ccc(C)cc1C(C)NC(=O)/C(C#N)=C\Nc1ccc(OC)cc1. The number of nitriles is 1. The molecule has 0 radical (unpaired) electrons. The Kier molecular flexibility index (Phi) is 7.46. The number of ether oxygens (including phenoxy) is 2. The third kappa shape index (κ3) is 5.52. The molecule has 28 heavy (non-hydrogen) atoms. The lowest BCUT2D eigenvalue weighted by Crippen LogP contribution is -2.28. The van der Waals surface area contributed by atoms with Gasteiger partial charge in [0.05, 0.1) is 19.8 Å². The van der Waals surface area contributed by atoms with E-state index in [1.54, 1.807) is 31.4 Å². The number of methoxy groups -OCH3 is 1. The molecule has 0 saturated heterocycles. The predicted molar refractivity (Wildman–Crippen MR) is 109 cm³/mol. The van der Waals surface area contributed by atoms with E-state index in [1.807, 2.05) is 45.0 Å². The summed E-state index contributed by atoms with van der Waals surface area (Å²) >= 11 is 0. The standard InChI is InChI=1S/C22H25N3O3/c1-5-28-21-11-6-15(2)12-20(21)16(3)25-22(26)17(13-23)14-24-18-7-9-19(27-4)10-8-18/h6-12,14,16,24H,5H2,1-4H3,(H,25,26)/b17-14-. The quantitative estimate of drug-likeness (QED) is 0.533. The first-order valence-corrected chi connectivity index (χ1v) is 9.03.